The number of nitrogens with one attached hydrogen (secondary N) is 1. The summed E-state index contributed by atoms with van der Waals surface area (Å²) in [6.45, 7) is 3.06. The van der Waals surface area contributed by atoms with Crippen LogP contribution in [0.4, 0.5) is 0 Å². The average molecular weight is 305 g/mol. The van der Waals surface area contributed by atoms with Crippen molar-refractivity contribution in [3.8, 4) is 0 Å². The van der Waals surface area contributed by atoms with Gasteiger partial charge in [0.05, 0.1) is 18.4 Å². The third-order valence-corrected chi connectivity index (χ3v) is 4.14. The van der Waals surface area contributed by atoms with E-state index < -0.39 is 11.5 Å². The number of hydrogen-bond donors (Lipinski definition) is 2. The Labute approximate surface area is 130 Å². The molecule has 1 aliphatic rings. The van der Waals surface area contributed by atoms with E-state index in [1.165, 1.54) is 5.56 Å². The van der Waals surface area contributed by atoms with Crippen LogP contribution < -0.4 is 5.32 Å². The summed E-state index contributed by atoms with van der Waals surface area (Å²) in [5.74, 6) is -1.03. The van der Waals surface area contributed by atoms with E-state index in [2.05, 4.69) is 12.2 Å². The highest BCUT2D eigenvalue weighted by molar-refractivity contribution is 5.80. The Hall–Kier alpha value is -1.88. The van der Waals surface area contributed by atoms with Crippen LogP contribution in [0.1, 0.15) is 37.3 Å². The van der Waals surface area contributed by atoms with Crippen LogP contribution in [0.3, 0.4) is 0 Å². The lowest BCUT2D eigenvalue weighted by Crippen LogP contribution is -2.53. The number of carbonyl (C=O) groups is 2. The van der Waals surface area contributed by atoms with E-state index in [0.717, 1.165) is 12.0 Å². The first-order valence-corrected chi connectivity index (χ1v) is 7.71. The Bertz CT molecular complexity index is 518. The third kappa shape index (κ3) is 4.56. The number of ether oxygens (including phenoxy) is 1. The second kappa shape index (κ2) is 7.40. The van der Waals surface area contributed by atoms with Crippen molar-refractivity contribution in [3.63, 3.8) is 0 Å². The van der Waals surface area contributed by atoms with Crippen molar-refractivity contribution in [2.45, 2.75) is 44.6 Å². The first-order chi connectivity index (χ1) is 10.5. The van der Waals surface area contributed by atoms with Gasteiger partial charge >= 0.3 is 5.97 Å². The fourth-order valence-corrected chi connectivity index (χ4v) is 2.82. The fraction of sp³-hybridized carbons (Fsp3) is 0.529. The van der Waals surface area contributed by atoms with Crippen LogP contribution in [-0.4, -0.2) is 35.7 Å². The molecule has 0 aliphatic carbocycles. The molecule has 0 atom stereocenters. The smallest absolute Gasteiger partial charge is 0.305 e. The van der Waals surface area contributed by atoms with Gasteiger partial charge in [-0.15, -0.1) is 0 Å². The Balaban J connectivity index is 1.99. The molecule has 1 heterocycles. The summed E-state index contributed by atoms with van der Waals surface area (Å²) < 4.78 is 5.29. The van der Waals surface area contributed by atoms with Crippen LogP contribution in [0.5, 0.6) is 0 Å². The molecule has 5 heteroatoms. The predicted molar refractivity (Wildman–Crippen MR) is 82.7 cm³/mol. The molecule has 1 aliphatic heterocycles. The summed E-state index contributed by atoms with van der Waals surface area (Å²) >= 11 is 0. The van der Waals surface area contributed by atoms with Crippen LogP contribution in [0.2, 0.25) is 0 Å². The van der Waals surface area contributed by atoms with Gasteiger partial charge in [-0.25, -0.2) is 0 Å². The van der Waals surface area contributed by atoms with Crippen molar-refractivity contribution in [1.82, 2.24) is 5.32 Å². The Morgan fingerprint density at radius 2 is 1.77 bits per heavy atom. The van der Waals surface area contributed by atoms with Crippen LogP contribution in [0.25, 0.3) is 0 Å². The first-order valence-electron chi connectivity index (χ1n) is 7.71. The van der Waals surface area contributed by atoms with Crippen molar-refractivity contribution in [1.29, 1.82) is 0 Å². The van der Waals surface area contributed by atoms with Crippen molar-refractivity contribution in [3.05, 3.63) is 35.4 Å². The lowest BCUT2D eigenvalue weighted by Gasteiger charge is -2.36. The van der Waals surface area contributed by atoms with Crippen molar-refractivity contribution in [2.24, 2.45) is 0 Å². The van der Waals surface area contributed by atoms with Crippen molar-refractivity contribution >= 4 is 11.9 Å². The molecule has 2 rings (SSSR count). The maximum atomic E-state index is 12.3. The maximum absolute atomic E-state index is 12.3. The van der Waals surface area contributed by atoms with Gasteiger partial charge in [-0.1, -0.05) is 31.2 Å². The molecule has 0 spiro atoms. The molecular formula is C17H23NO4. The number of aliphatic carboxylic acids is 1. The highest BCUT2D eigenvalue weighted by Crippen LogP contribution is 2.24. The molecule has 2 N–H and O–H groups in total. The van der Waals surface area contributed by atoms with E-state index >= 15 is 0 Å². The van der Waals surface area contributed by atoms with Gasteiger partial charge in [0.1, 0.15) is 0 Å². The molecule has 0 radical (unpaired) electrons. The number of aryl methyl sites for hydroxylation is 1. The molecule has 1 saturated heterocycles. The van der Waals surface area contributed by atoms with Gasteiger partial charge in [0.15, 0.2) is 0 Å². The van der Waals surface area contributed by atoms with Gasteiger partial charge in [0.2, 0.25) is 5.91 Å². The molecule has 120 valence electrons. The number of rotatable bonds is 6. The summed E-state index contributed by atoms with van der Waals surface area (Å²) in [6, 6.07) is 7.94. The molecule has 22 heavy (non-hydrogen) atoms. The monoisotopic (exact) mass is 305 g/mol. The van der Waals surface area contributed by atoms with Crippen molar-refractivity contribution in [2.75, 3.05) is 13.2 Å². The lowest BCUT2D eigenvalue weighted by atomic mass is 9.86. The molecule has 0 aromatic heterocycles. The summed E-state index contributed by atoms with van der Waals surface area (Å²) in [5, 5.41) is 12.0. The molecule has 1 fully saturated rings. The minimum atomic E-state index is -0.894. The van der Waals surface area contributed by atoms with Gasteiger partial charge in [-0.2, -0.15) is 0 Å². The predicted octanol–water partition coefficient (Wildman–Crippen LogP) is 1.93. The lowest BCUT2D eigenvalue weighted by molar-refractivity contribution is -0.140. The number of benzene rings is 1. The highest BCUT2D eigenvalue weighted by Gasteiger charge is 2.36. The largest absolute Gasteiger partial charge is 0.481 e. The zero-order valence-corrected chi connectivity index (χ0v) is 12.9. The summed E-state index contributed by atoms with van der Waals surface area (Å²) in [4.78, 5) is 23.4. The van der Waals surface area contributed by atoms with E-state index in [1.54, 1.807) is 0 Å². The van der Waals surface area contributed by atoms with Gasteiger partial charge in [-0.3, -0.25) is 9.59 Å². The zero-order valence-electron chi connectivity index (χ0n) is 12.9. The number of carbonyl (C=O) groups excluding carboxylic acids is 1. The topological polar surface area (TPSA) is 75.6 Å². The molecular weight excluding hydrogens is 282 g/mol. The zero-order chi connectivity index (χ0) is 16.0. The SMILES string of the molecule is CCc1ccc(CC(=O)NC2(CC(=O)O)CCOCC2)cc1. The second-order valence-electron chi connectivity index (χ2n) is 5.86. The van der Waals surface area contributed by atoms with Crippen LogP contribution in [-0.2, 0) is 27.2 Å². The Morgan fingerprint density at radius 3 is 2.32 bits per heavy atom. The average Bonchev–Trinajstić information content (AvgIpc) is 2.47. The van der Waals surface area contributed by atoms with Crippen molar-refractivity contribution < 1.29 is 19.4 Å². The normalized spacial score (nSPS) is 17.0. The Morgan fingerprint density at radius 1 is 1.18 bits per heavy atom. The van der Waals surface area contributed by atoms with Gasteiger partial charge in [-0.05, 0) is 30.4 Å². The quantitative estimate of drug-likeness (QED) is 0.842. The van der Waals surface area contributed by atoms with E-state index in [4.69, 9.17) is 9.84 Å². The standard InChI is InChI=1S/C17H23NO4/c1-2-13-3-5-14(6-4-13)11-15(19)18-17(12-16(20)21)7-9-22-10-8-17/h3-6H,2,7-12H2,1H3,(H,18,19)(H,20,21). The summed E-state index contributed by atoms with van der Waals surface area (Å²) in [6.07, 6.45) is 2.26. The Kier molecular flexibility index (Phi) is 5.55. The highest BCUT2D eigenvalue weighted by atomic mass is 16.5. The van der Waals surface area contributed by atoms with E-state index in [9.17, 15) is 9.59 Å². The van der Waals surface area contributed by atoms with E-state index in [-0.39, 0.29) is 18.7 Å². The van der Waals surface area contributed by atoms with Crippen LogP contribution in [0.15, 0.2) is 24.3 Å². The third-order valence-electron chi connectivity index (χ3n) is 4.14. The number of amides is 1. The number of hydrogen-bond acceptors (Lipinski definition) is 3. The minimum absolute atomic E-state index is 0.0587. The van der Waals surface area contributed by atoms with E-state index in [1.807, 2.05) is 24.3 Å². The maximum Gasteiger partial charge on any atom is 0.305 e. The minimum Gasteiger partial charge on any atom is -0.481 e. The van der Waals surface area contributed by atoms with Gasteiger partial charge in [0, 0.05) is 13.2 Å². The fourth-order valence-electron chi connectivity index (χ4n) is 2.82. The van der Waals surface area contributed by atoms with Gasteiger partial charge in [0.25, 0.3) is 0 Å². The summed E-state index contributed by atoms with van der Waals surface area (Å²) in [5.41, 5.74) is 1.49. The first kappa shape index (κ1) is 16.5. The second-order valence-corrected chi connectivity index (χ2v) is 5.86. The van der Waals surface area contributed by atoms with E-state index in [0.29, 0.717) is 26.1 Å². The molecule has 0 bridgehead atoms. The molecule has 0 unspecified atom stereocenters. The molecule has 1 aromatic carbocycles. The van der Waals surface area contributed by atoms with Gasteiger partial charge < -0.3 is 15.2 Å². The molecule has 5 nitrogen and oxygen atoms in total. The van der Waals surface area contributed by atoms with Crippen LogP contribution in [0, 0.1) is 0 Å². The molecule has 0 saturated carbocycles. The summed E-state index contributed by atoms with van der Waals surface area (Å²) in [7, 11) is 0. The molecule has 1 amide bonds. The molecule has 1 aromatic rings. The van der Waals surface area contributed by atoms with Crippen LogP contribution >= 0.6 is 0 Å². The number of carboxylic acids is 1. The number of carboxylic acid groups (broad SMARTS) is 1.